The third-order valence-corrected chi connectivity index (χ3v) is 6.90. The maximum absolute atomic E-state index is 12.8. The monoisotopic (exact) mass is 433 g/mol. The molecule has 1 fully saturated rings. The van der Waals surface area contributed by atoms with Gasteiger partial charge in [0.1, 0.15) is 6.07 Å². The summed E-state index contributed by atoms with van der Waals surface area (Å²) in [6.45, 7) is 0.985. The van der Waals surface area contributed by atoms with Crippen molar-refractivity contribution in [1.29, 1.82) is 5.26 Å². The van der Waals surface area contributed by atoms with Gasteiger partial charge in [0.15, 0.2) is 0 Å². The fourth-order valence-corrected chi connectivity index (χ4v) is 4.88. The highest BCUT2D eigenvalue weighted by molar-refractivity contribution is 9.10. The zero-order valence-electron chi connectivity index (χ0n) is 13.8. The van der Waals surface area contributed by atoms with Crippen molar-refractivity contribution in [3.8, 4) is 6.07 Å². The molecular weight excluding hydrogens is 418 g/mol. The van der Waals surface area contributed by atoms with Crippen molar-refractivity contribution in [3.05, 3.63) is 64.1 Å². The molecule has 26 heavy (non-hydrogen) atoms. The molecule has 1 saturated heterocycles. The zero-order valence-corrected chi connectivity index (χ0v) is 16.2. The Bertz CT molecular complexity index is 977. The molecule has 0 bridgehead atoms. The van der Waals surface area contributed by atoms with Crippen molar-refractivity contribution in [2.75, 3.05) is 26.2 Å². The molecule has 0 N–H and O–H groups in total. The topological polar surface area (TPSA) is 81.5 Å². The number of piperazine rings is 1. The van der Waals surface area contributed by atoms with Crippen molar-refractivity contribution in [2.45, 2.75) is 4.90 Å². The number of hydrogen-bond acceptors (Lipinski definition) is 4. The fraction of sp³-hybridized carbons (Fsp3) is 0.222. The van der Waals surface area contributed by atoms with E-state index in [1.54, 1.807) is 35.2 Å². The number of carbonyl (C=O) groups excluding carboxylic acids is 1. The predicted octanol–water partition coefficient (Wildman–Crippen LogP) is 2.47. The van der Waals surface area contributed by atoms with E-state index in [2.05, 4.69) is 15.9 Å². The third-order valence-electron chi connectivity index (χ3n) is 4.26. The van der Waals surface area contributed by atoms with Crippen molar-refractivity contribution < 1.29 is 13.2 Å². The number of halogens is 1. The van der Waals surface area contributed by atoms with Crippen LogP contribution in [0.3, 0.4) is 0 Å². The summed E-state index contributed by atoms with van der Waals surface area (Å²) in [5.74, 6) is -0.132. The quantitative estimate of drug-likeness (QED) is 0.744. The molecule has 0 aromatic heterocycles. The Morgan fingerprint density at radius 3 is 2.27 bits per heavy atom. The number of benzene rings is 2. The first-order valence-corrected chi connectivity index (χ1v) is 10.2. The molecule has 1 amide bonds. The molecule has 1 aliphatic rings. The second-order valence-corrected chi connectivity index (χ2v) is 8.54. The maximum Gasteiger partial charge on any atom is 0.255 e. The summed E-state index contributed by atoms with van der Waals surface area (Å²) >= 11 is 3.37. The molecule has 0 spiro atoms. The summed E-state index contributed by atoms with van der Waals surface area (Å²) in [5, 5.41) is 9.16. The lowest BCUT2D eigenvalue weighted by atomic mass is 10.2. The van der Waals surface area contributed by atoms with Crippen molar-refractivity contribution in [1.82, 2.24) is 9.21 Å². The lowest BCUT2D eigenvalue weighted by Crippen LogP contribution is -2.50. The fourth-order valence-electron chi connectivity index (χ4n) is 2.86. The van der Waals surface area contributed by atoms with Crippen LogP contribution in [0.5, 0.6) is 0 Å². The Hall–Kier alpha value is -2.21. The Labute approximate surface area is 160 Å². The molecule has 8 heteroatoms. The maximum atomic E-state index is 12.8. The molecule has 0 radical (unpaired) electrons. The first kappa shape index (κ1) is 18.6. The van der Waals surface area contributed by atoms with E-state index in [-0.39, 0.29) is 29.5 Å². The average Bonchev–Trinajstić information content (AvgIpc) is 2.68. The lowest BCUT2D eigenvalue weighted by molar-refractivity contribution is 0.0697. The van der Waals surface area contributed by atoms with E-state index in [1.807, 2.05) is 12.1 Å². The highest BCUT2D eigenvalue weighted by atomic mass is 79.9. The number of amides is 1. The van der Waals surface area contributed by atoms with Crippen LogP contribution in [0.4, 0.5) is 0 Å². The first-order chi connectivity index (χ1) is 12.4. The first-order valence-electron chi connectivity index (χ1n) is 7.98. The van der Waals surface area contributed by atoms with Gasteiger partial charge in [0.25, 0.3) is 5.91 Å². The van der Waals surface area contributed by atoms with Gasteiger partial charge in [-0.2, -0.15) is 9.57 Å². The summed E-state index contributed by atoms with van der Waals surface area (Å²) in [4.78, 5) is 14.3. The smallest absolute Gasteiger partial charge is 0.255 e. The molecule has 0 atom stereocenters. The second kappa shape index (κ2) is 7.58. The Balaban J connectivity index is 1.75. The van der Waals surface area contributed by atoms with Crippen molar-refractivity contribution >= 4 is 31.9 Å². The van der Waals surface area contributed by atoms with Crippen LogP contribution < -0.4 is 0 Å². The van der Waals surface area contributed by atoms with Gasteiger partial charge in [0.05, 0.1) is 16.0 Å². The van der Waals surface area contributed by atoms with Gasteiger partial charge in [0, 0.05) is 30.7 Å². The van der Waals surface area contributed by atoms with E-state index in [9.17, 15) is 13.2 Å². The molecule has 6 nitrogen and oxygen atoms in total. The molecular formula is C18H16BrN3O3S. The number of rotatable bonds is 3. The Morgan fingerprint density at radius 2 is 1.62 bits per heavy atom. The van der Waals surface area contributed by atoms with Gasteiger partial charge in [-0.1, -0.05) is 24.3 Å². The zero-order chi connectivity index (χ0) is 18.7. The minimum atomic E-state index is -3.76. The third kappa shape index (κ3) is 3.51. The van der Waals surface area contributed by atoms with E-state index in [1.165, 1.54) is 16.4 Å². The lowest BCUT2D eigenvalue weighted by Gasteiger charge is -2.34. The Morgan fingerprint density at radius 1 is 1.00 bits per heavy atom. The van der Waals surface area contributed by atoms with Gasteiger partial charge in [-0.3, -0.25) is 4.79 Å². The standard InChI is InChI=1S/C18H16BrN3O3S/c19-16-7-3-2-6-15(16)18(23)21-9-11-22(12-10-21)26(24,25)17-8-4-1-5-14(17)13-20/h1-8H,9-12H2. The van der Waals surface area contributed by atoms with Crippen LogP contribution in [0, 0.1) is 11.3 Å². The van der Waals surface area contributed by atoms with Gasteiger partial charge in [-0.25, -0.2) is 8.42 Å². The SMILES string of the molecule is N#Cc1ccccc1S(=O)(=O)N1CCN(C(=O)c2ccccc2Br)CC1. The number of sulfonamides is 1. The van der Waals surface area contributed by atoms with Crippen LogP contribution in [0.2, 0.25) is 0 Å². The predicted molar refractivity (Wildman–Crippen MR) is 100.0 cm³/mol. The molecule has 1 heterocycles. The minimum Gasteiger partial charge on any atom is -0.336 e. The molecule has 0 saturated carbocycles. The summed E-state index contributed by atoms with van der Waals surface area (Å²) < 4.78 is 27.7. The number of hydrogen-bond donors (Lipinski definition) is 0. The normalized spacial score (nSPS) is 15.5. The molecule has 3 rings (SSSR count). The van der Waals surface area contributed by atoms with Crippen LogP contribution in [-0.4, -0.2) is 49.7 Å². The van der Waals surface area contributed by atoms with E-state index in [0.29, 0.717) is 23.1 Å². The summed E-state index contributed by atoms with van der Waals surface area (Å²) in [6, 6.07) is 15.2. The van der Waals surface area contributed by atoms with Crippen LogP contribution >= 0.6 is 15.9 Å². The molecule has 2 aromatic carbocycles. The van der Waals surface area contributed by atoms with Gasteiger partial charge in [0.2, 0.25) is 10.0 Å². The van der Waals surface area contributed by atoms with E-state index in [4.69, 9.17) is 5.26 Å². The highest BCUT2D eigenvalue weighted by Gasteiger charge is 2.32. The van der Waals surface area contributed by atoms with Crippen molar-refractivity contribution in [2.24, 2.45) is 0 Å². The van der Waals surface area contributed by atoms with Crippen LogP contribution in [-0.2, 0) is 10.0 Å². The Kier molecular flexibility index (Phi) is 5.41. The van der Waals surface area contributed by atoms with Crippen LogP contribution in [0.1, 0.15) is 15.9 Å². The van der Waals surface area contributed by atoms with E-state index in [0.717, 1.165) is 0 Å². The molecule has 1 aliphatic heterocycles. The molecule has 0 unspecified atom stereocenters. The van der Waals surface area contributed by atoms with Gasteiger partial charge in [-0.15, -0.1) is 0 Å². The molecule has 2 aromatic rings. The average molecular weight is 434 g/mol. The number of carbonyl (C=O) groups is 1. The van der Waals surface area contributed by atoms with E-state index >= 15 is 0 Å². The highest BCUT2D eigenvalue weighted by Crippen LogP contribution is 2.23. The molecule has 0 aliphatic carbocycles. The van der Waals surface area contributed by atoms with E-state index < -0.39 is 10.0 Å². The van der Waals surface area contributed by atoms with Crippen LogP contribution in [0.15, 0.2) is 57.9 Å². The summed E-state index contributed by atoms with van der Waals surface area (Å²) in [6.07, 6.45) is 0. The molecule has 134 valence electrons. The van der Waals surface area contributed by atoms with Gasteiger partial charge >= 0.3 is 0 Å². The second-order valence-electron chi connectivity index (χ2n) is 5.78. The van der Waals surface area contributed by atoms with Crippen molar-refractivity contribution in [3.63, 3.8) is 0 Å². The van der Waals surface area contributed by atoms with Crippen LogP contribution in [0.25, 0.3) is 0 Å². The largest absolute Gasteiger partial charge is 0.336 e. The number of nitrogens with zero attached hydrogens (tertiary/aromatic N) is 3. The minimum absolute atomic E-state index is 0.00748. The van der Waals surface area contributed by atoms with Gasteiger partial charge in [-0.05, 0) is 40.2 Å². The summed E-state index contributed by atoms with van der Waals surface area (Å²) in [5.41, 5.74) is 0.679. The summed E-state index contributed by atoms with van der Waals surface area (Å²) in [7, 11) is -3.76. The van der Waals surface area contributed by atoms with Gasteiger partial charge < -0.3 is 4.90 Å². The number of nitriles is 1.